The third kappa shape index (κ3) is 3.47. The van der Waals surface area contributed by atoms with Crippen molar-refractivity contribution in [1.82, 2.24) is 5.32 Å². The largest absolute Gasteiger partial charge is 0.484 e. The number of halogens is 2. The van der Waals surface area contributed by atoms with E-state index in [1.54, 1.807) is 11.8 Å². The van der Waals surface area contributed by atoms with E-state index in [1.807, 2.05) is 30.5 Å². The normalized spacial score (nSPS) is 19.3. The Morgan fingerprint density at radius 1 is 1.00 bits per heavy atom. The van der Waals surface area contributed by atoms with Crippen LogP contribution < -0.4 is 10.1 Å². The van der Waals surface area contributed by atoms with E-state index in [2.05, 4.69) is 5.32 Å². The number of thioether (sulfide) groups is 1. The minimum atomic E-state index is -0.625. The Kier molecular flexibility index (Phi) is 4.93. The van der Waals surface area contributed by atoms with Crippen LogP contribution in [0.3, 0.4) is 0 Å². The van der Waals surface area contributed by atoms with Crippen molar-refractivity contribution in [3.8, 4) is 16.9 Å². The second-order valence-corrected chi connectivity index (χ2v) is 8.28. The van der Waals surface area contributed by atoms with Crippen molar-refractivity contribution in [2.75, 3.05) is 19.3 Å². The Hall–Kier alpha value is -1.59. The van der Waals surface area contributed by atoms with E-state index in [-0.39, 0.29) is 11.9 Å². The molecule has 1 heterocycles. The molecule has 0 unspecified atom stereocenters. The lowest BCUT2D eigenvalue weighted by Gasteiger charge is -2.49. The Bertz CT molecular complexity index is 756. The summed E-state index contributed by atoms with van der Waals surface area (Å²) in [4.78, 5) is 1.12. The average Bonchev–Trinajstić information content (AvgIpc) is 2.64. The van der Waals surface area contributed by atoms with Gasteiger partial charge in [-0.2, -0.15) is 0 Å². The SMILES string of the molecule is CSc1ccc(-c2cc(F)c(OC3CC4(CCNCC4)C3)c(F)c2)cc1. The lowest BCUT2D eigenvalue weighted by molar-refractivity contribution is -0.0380. The summed E-state index contributed by atoms with van der Waals surface area (Å²) in [7, 11) is 0. The summed E-state index contributed by atoms with van der Waals surface area (Å²) in [6, 6.07) is 10.4. The van der Waals surface area contributed by atoms with Crippen LogP contribution in [-0.2, 0) is 0 Å². The molecule has 1 saturated carbocycles. The van der Waals surface area contributed by atoms with Gasteiger partial charge >= 0.3 is 0 Å². The molecule has 0 bridgehead atoms. The van der Waals surface area contributed by atoms with Crippen LogP contribution in [-0.4, -0.2) is 25.4 Å². The summed E-state index contributed by atoms with van der Waals surface area (Å²) in [5, 5.41) is 3.36. The van der Waals surface area contributed by atoms with E-state index in [0.29, 0.717) is 11.0 Å². The summed E-state index contributed by atoms with van der Waals surface area (Å²) in [5.74, 6) is -1.48. The maximum Gasteiger partial charge on any atom is 0.191 e. The molecule has 4 rings (SSSR count). The number of ether oxygens (including phenoxy) is 1. The summed E-state index contributed by atoms with van der Waals surface area (Å²) >= 11 is 1.63. The zero-order valence-electron chi connectivity index (χ0n) is 14.9. The highest BCUT2D eigenvalue weighted by atomic mass is 32.2. The van der Waals surface area contributed by atoms with Crippen LogP contribution >= 0.6 is 11.8 Å². The minimum absolute atomic E-state index is 0.0798. The van der Waals surface area contributed by atoms with Gasteiger partial charge in [-0.15, -0.1) is 11.8 Å². The molecule has 1 N–H and O–H groups in total. The molecule has 5 heteroatoms. The Balaban J connectivity index is 1.47. The number of nitrogens with one attached hydrogen (secondary N) is 1. The first-order valence-electron chi connectivity index (χ1n) is 9.09. The second kappa shape index (κ2) is 7.20. The first-order chi connectivity index (χ1) is 12.6. The van der Waals surface area contributed by atoms with E-state index in [9.17, 15) is 8.78 Å². The fourth-order valence-electron chi connectivity index (χ4n) is 4.14. The summed E-state index contributed by atoms with van der Waals surface area (Å²) in [5.41, 5.74) is 1.65. The lowest BCUT2D eigenvalue weighted by atomic mass is 9.62. The number of hydrogen-bond acceptors (Lipinski definition) is 3. The molecule has 1 saturated heterocycles. The molecular formula is C21H23F2NOS. The molecule has 1 aliphatic heterocycles. The van der Waals surface area contributed by atoms with Gasteiger partial charge in [-0.3, -0.25) is 0 Å². The molecule has 1 spiro atoms. The highest BCUT2D eigenvalue weighted by Gasteiger charge is 2.46. The topological polar surface area (TPSA) is 21.3 Å². The van der Waals surface area contributed by atoms with Gasteiger partial charge in [0.25, 0.3) is 0 Å². The smallest absolute Gasteiger partial charge is 0.191 e. The van der Waals surface area contributed by atoms with Crippen molar-refractivity contribution in [3.63, 3.8) is 0 Å². The van der Waals surface area contributed by atoms with Crippen LogP contribution in [0.5, 0.6) is 5.75 Å². The number of benzene rings is 2. The lowest BCUT2D eigenvalue weighted by Crippen LogP contribution is -2.49. The first-order valence-corrected chi connectivity index (χ1v) is 10.3. The first kappa shape index (κ1) is 17.8. The highest BCUT2D eigenvalue weighted by molar-refractivity contribution is 7.98. The van der Waals surface area contributed by atoms with E-state index >= 15 is 0 Å². The fraction of sp³-hybridized carbons (Fsp3) is 0.429. The molecular weight excluding hydrogens is 352 g/mol. The van der Waals surface area contributed by atoms with E-state index in [4.69, 9.17) is 4.74 Å². The molecule has 26 heavy (non-hydrogen) atoms. The Morgan fingerprint density at radius 2 is 1.62 bits per heavy atom. The summed E-state index contributed by atoms with van der Waals surface area (Å²) in [6.45, 7) is 2.05. The molecule has 0 amide bonds. The molecule has 1 aliphatic carbocycles. The molecule has 0 atom stereocenters. The van der Waals surface area contributed by atoms with Crippen LogP contribution in [0.2, 0.25) is 0 Å². The van der Waals surface area contributed by atoms with Gasteiger partial charge in [0.15, 0.2) is 17.4 Å². The van der Waals surface area contributed by atoms with Gasteiger partial charge in [0.1, 0.15) is 6.10 Å². The maximum absolute atomic E-state index is 14.5. The minimum Gasteiger partial charge on any atom is -0.484 e. The van der Waals surface area contributed by atoms with E-state index in [0.717, 1.165) is 49.2 Å². The van der Waals surface area contributed by atoms with Gasteiger partial charge in [-0.05, 0) is 85.8 Å². The van der Waals surface area contributed by atoms with Crippen molar-refractivity contribution in [3.05, 3.63) is 48.0 Å². The van der Waals surface area contributed by atoms with E-state index in [1.165, 1.54) is 12.1 Å². The number of rotatable bonds is 4. The van der Waals surface area contributed by atoms with Crippen molar-refractivity contribution in [2.24, 2.45) is 5.41 Å². The van der Waals surface area contributed by atoms with Crippen LogP contribution in [0.1, 0.15) is 25.7 Å². The fourth-order valence-corrected chi connectivity index (χ4v) is 4.55. The quantitative estimate of drug-likeness (QED) is 0.736. The molecule has 2 fully saturated rings. The van der Waals surface area contributed by atoms with Crippen LogP contribution in [0.25, 0.3) is 11.1 Å². The Morgan fingerprint density at radius 3 is 2.19 bits per heavy atom. The van der Waals surface area contributed by atoms with Crippen molar-refractivity contribution in [2.45, 2.75) is 36.7 Å². The molecule has 138 valence electrons. The predicted molar refractivity (Wildman–Crippen MR) is 102 cm³/mol. The van der Waals surface area contributed by atoms with E-state index < -0.39 is 11.6 Å². The van der Waals surface area contributed by atoms with Gasteiger partial charge in [0.05, 0.1) is 0 Å². The van der Waals surface area contributed by atoms with Gasteiger partial charge in [0.2, 0.25) is 0 Å². The van der Waals surface area contributed by atoms with Crippen LogP contribution in [0, 0.1) is 17.0 Å². The van der Waals surface area contributed by atoms with Crippen LogP contribution in [0.15, 0.2) is 41.3 Å². The highest BCUT2D eigenvalue weighted by Crippen LogP contribution is 2.49. The molecule has 0 aromatic heterocycles. The molecule has 2 aromatic rings. The van der Waals surface area contributed by atoms with Crippen LogP contribution in [0.4, 0.5) is 8.78 Å². The third-order valence-corrected chi connectivity index (χ3v) is 6.44. The van der Waals surface area contributed by atoms with Crippen molar-refractivity contribution >= 4 is 11.8 Å². The van der Waals surface area contributed by atoms with Gasteiger partial charge < -0.3 is 10.1 Å². The maximum atomic E-state index is 14.5. The molecule has 0 radical (unpaired) electrons. The van der Waals surface area contributed by atoms with Gasteiger partial charge in [-0.25, -0.2) is 8.78 Å². The average molecular weight is 375 g/mol. The van der Waals surface area contributed by atoms with Crippen molar-refractivity contribution < 1.29 is 13.5 Å². The zero-order chi connectivity index (χ0) is 18.1. The monoisotopic (exact) mass is 375 g/mol. The number of hydrogen-bond donors (Lipinski definition) is 1. The van der Waals surface area contributed by atoms with Gasteiger partial charge in [0, 0.05) is 4.90 Å². The third-order valence-electron chi connectivity index (χ3n) is 5.69. The van der Waals surface area contributed by atoms with Gasteiger partial charge in [-0.1, -0.05) is 12.1 Å². The zero-order valence-corrected chi connectivity index (χ0v) is 15.7. The molecule has 2 nitrogen and oxygen atoms in total. The predicted octanol–water partition coefficient (Wildman–Crippen LogP) is 5.26. The number of piperidine rings is 1. The molecule has 2 aromatic carbocycles. The standard InChI is InChI=1S/C21H23F2NOS/c1-26-17-4-2-14(3-5-17)15-10-18(22)20(19(23)11-15)25-16-12-21(13-16)6-8-24-9-7-21/h2-5,10-11,16,24H,6-9,12-13H2,1H3. The second-order valence-electron chi connectivity index (χ2n) is 7.40. The van der Waals surface area contributed by atoms with Crippen molar-refractivity contribution in [1.29, 1.82) is 0 Å². The molecule has 2 aliphatic rings. The summed E-state index contributed by atoms with van der Waals surface area (Å²) in [6.07, 6.45) is 5.96. The summed E-state index contributed by atoms with van der Waals surface area (Å²) < 4.78 is 34.7. The Labute approximate surface area is 157 Å².